The van der Waals surface area contributed by atoms with E-state index >= 15 is 0 Å². The van der Waals surface area contributed by atoms with E-state index in [0.717, 1.165) is 71.1 Å². The molecule has 2 aliphatic rings. The molecule has 3 amide bonds. The molecule has 2 saturated heterocycles. The van der Waals surface area contributed by atoms with Gasteiger partial charge in [-0.1, -0.05) is 71.6 Å². The van der Waals surface area contributed by atoms with Gasteiger partial charge in [-0.3, -0.25) is 19.0 Å². The molecule has 0 saturated carbocycles. The number of rotatable bonds is 13. The number of ether oxygens (including phenoxy) is 2. The van der Waals surface area contributed by atoms with Crippen molar-refractivity contribution in [1.29, 1.82) is 0 Å². The van der Waals surface area contributed by atoms with Gasteiger partial charge < -0.3 is 39.8 Å². The number of nitrogens with one attached hydrogen (secondary N) is 4. The van der Waals surface area contributed by atoms with Crippen molar-refractivity contribution in [1.82, 2.24) is 40.4 Å². The van der Waals surface area contributed by atoms with Crippen LogP contribution >= 0.6 is 0 Å². The largest absolute Gasteiger partial charge is 0.453 e. The molecule has 0 spiro atoms. The first-order valence-electron chi connectivity index (χ1n) is 21.9. The van der Waals surface area contributed by atoms with E-state index in [2.05, 4.69) is 103 Å². The van der Waals surface area contributed by atoms with E-state index in [0.29, 0.717) is 25.3 Å². The summed E-state index contributed by atoms with van der Waals surface area (Å²) in [5, 5.41) is 5.08. The number of carbonyl (C=O) groups excluding carboxylic acids is 4. The van der Waals surface area contributed by atoms with E-state index in [-0.39, 0.29) is 28.7 Å². The summed E-state index contributed by atoms with van der Waals surface area (Å²) in [6, 6.07) is 5.16. The van der Waals surface area contributed by atoms with E-state index in [9.17, 15) is 27.6 Å². The van der Waals surface area contributed by atoms with E-state index in [1.54, 1.807) is 38.8 Å². The van der Waals surface area contributed by atoms with Gasteiger partial charge >= 0.3 is 6.09 Å². The number of nitrogens with zero attached hydrogens (tertiary/aromatic N) is 4. The molecule has 1 aromatic carbocycles. The summed E-state index contributed by atoms with van der Waals surface area (Å²) in [5.41, 5.74) is 5.05. The number of likely N-dealkylation sites (tertiary alicyclic amines) is 2. The predicted molar refractivity (Wildman–Crippen MR) is 271 cm³/mol. The molecule has 2 unspecified atom stereocenters. The van der Waals surface area contributed by atoms with Crippen LogP contribution in [0.25, 0.3) is 16.8 Å². The molecule has 18 heteroatoms. The smallest absolute Gasteiger partial charge is 0.407 e. The highest BCUT2D eigenvalue weighted by Gasteiger charge is 2.36. The molecular formula is C50H74N8O9S. The SMILES string of the molecule is C=C.C=C(C)S(=O)(=O)O.C=CC.C=CC(=C)c1cc(-c2cnc([C@@H]3CCCN3C(=O)C(NC=O)C(C)C)[nH]2)ccc1C#Cc1cnc([C@@H]2CCCN2C)[nH]1.COC.COC(=O)NC(C=O)C(C)C. The Labute approximate surface area is 404 Å². The molecule has 68 heavy (non-hydrogen) atoms. The molecule has 374 valence electrons. The zero-order chi connectivity index (χ0) is 52.1. The fourth-order valence-corrected chi connectivity index (χ4v) is 6.48. The van der Waals surface area contributed by atoms with Crippen molar-refractivity contribution < 1.29 is 41.6 Å². The monoisotopic (exact) mass is 963 g/mol. The molecule has 2 aliphatic heterocycles. The lowest BCUT2D eigenvalue weighted by Gasteiger charge is -2.29. The van der Waals surface area contributed by atoms with Crippen LogP contribution in [0, 0.1) is 23.7 Å². The highest BCUT2D eigenvalue weighted by molar-refractivity contribution is 7.89. The maximum atomic E-state index is 13.3. The van der Waals surface area contributed by atoms with Gasteiger partial charge in [0.1, 0.15) is 29.7 Å². The van der Waals surface area contributed by atoms with Gasteiger partial charge in [0.25, 0.3) is 10.1 Å². The first-order valence-corrected chi connectivity index (χ1v) is 23.3. The van der Waals surface area contributed by atoms with Crippen LogP contribution in [0.3, 0.4) is 0 Å². The van der Waals surface area contributed by atoms with Crippen molar-refractivity contribution >= 4 is 40.4 Å². The standard InChI is InChI=1S/C33H39N7O2.C7H13NO3.C3H6O3S.C3H6.C2H6O.C2H4/c1-6-22(4)26-17-24(12-11-23(26)13-14-25-18-34-31(37-25)28-9-7-15-39(28)5)27-19-35-32(38-27)29-10-8-16-40(29)33(42)30(21(2)3)36-20-41;1-5(2)6(4-9)8-7(10)11-3;1-3(2)7(4,5)6;2*1-3-2;1-2/h6,11-12,17-21,28-30H,1,4,7-10,15-16H2,2-3,5H3,(H,34,37)(H,35,38)(H,36,41);4-6H,1-3H3,(H,8,10);1H2,2H3,(H,4,5,6);3H,1H2,2H3;1-2H3;1-2H2/t28-,29-,30?;;;;;/m0...../s1. The number of benzene rings is 1. The van der Waals surface area contributed by atoms with Gasteiger partial charge in [0.15, 0.2) is 0 Å². The second-order valence-corrected chi connectivity index (χ2v) is 17.6. The minimum absolute atomic E-state index is 0.0153. The summed E-state index contributed by atoms with van der Waals surface area (Å²) in [7, 11) is 2.70. The van der Waals surface area contributed by atoms with E-state index in [4.69, 9.17) is 4.55 Å². The van der Waals surface area contributed by atoms with Crippen molar-refractivity contribution in [2.75, 3.05) is 41.5 Å². The van der Waals surface area contributed by atoms with Gasteiger partial charge in [-0.15, -0.1) is 19.7 Å². The van der Waals surface area contributed by atoms with Crippen LogP contribution in [0.15, 0.2) is 87.1 Å². The van der Waals surface area contributed by atoms with Crippen LogP contribution < -0.4 is 10.6 Å². The quantitative estimate of drug-likeness (QED) is 0.0363. The minimum Gasteiger partial charge on any atom is -0.453 e. The fourth-order valence-electron chi connectivity index (χ4n) is 6.48. The summed E-state index contributed by atoms with van der Waals surface area (Å²) in [6.45, 7) is 32.8. The van der Waals surface area contributed by atoms with Gasteiger partial charge in [0, 0.05) is 31.9 Å². The lowest BCUT2D eigenvalue weighted by molar-refractivity contribution is -0.137. The van der Waals surface area contributed by atoms with Crippen molar-refractivity contribution in [2.24, 2.45) is 11.8 Å². The van der Waals surface area contributed by atoms with E-state index in [1.165, 1.54) is 20.5 Å². The Morgan fingerprint density at radius 1 is 0.941 bits per heavy atom. The molecule has 0 radical (unpaired) electrons. The topological polar surface area (TPSA) is 229 Å². The lowest BCUT2D eigenvalue weighted by atomic mass is 9.97. The summed E-state index contributed by atoms with van der Waals surface area (Å²) < 4.78 is 36.1. The fraction of sp³-hybridized carbons (Fsp3) is 0.440. The minimum atomic E-state index is -3.94. The zero-order valence-corrected chi connectivity index (χ0v) is 42.4. The molecule has 5 rings (SSSR count). The second-order valence-electron chi connectivity index (χ2n) is 16.0. The third-order valence-corrected chi connectivity index (χ3v) is 11.0. The van der Waals surface area contributed by atoms with Crippen molar-refractivity contribution in [3.63, 3.8) is 0 Å². The van der Waals surface area contributed by atoms with Crippen LogP contribution in [0.2, 0.25) is 0 Å². The number of allylic oxidation sites excluding steroid dienone is 4. The number of imidazole rings is 2. The van der Waals surface area contributed by atoms with Crippen molar-refractivity contribution in [2.45, 2.75) is 91.4 Å². The number of alkyl carbamates (subject to hydrolysis) is 1. The number of aromatic nitrogens is 4. The van der Waals surface area contributed by atoms with Crippen LogP contribution in [0.5, 0.6) is 0 Å². The number of carbonyl (C=O) groups is 4. The number of methoxy groups -OCH3 is 2. The Morgan fingerprint density at radius 3 is 1.99 bits per heavy atom. The molecule has 0 bridgehead atoms. The first-order chi connectivity index (χ1) is 32.2. The maximum absolute atomic E-state index is 13.3. The molecule has 17 nitrogen and oxygen atoms in total. The summed E-state index contributed by atoms with van der Waals surface area (Å²) >= 11 is 0. The second kappa shape index (κ2) is 32.3. The molecule has 4 atom stereocenters. The van der Waals surface area contributed by atoms with Crippen molar-refractivity contribution in [3.05, 3.63) is 116 Å². The van der Waals surface area contributed by atoms with Gasteiger partial charge in [-0.2, -0.15) is 8.42 Å². The number of hydrogen-bond acceptors (Lipinski definition) is 11. The number of aldehydes is 1. The average molecular weight is 963 g/mol. The van der Waals surface area contributed by atoms with Gasteiger partial charge in [-0.25, -0.2) is 14.8 Å². The highest BCUT2D eigenvalue weighted by atomic mass is 32.2. The van der Waals surface area contributed by atoms with Crippen LogP contribution in [0.1, 0.15) is 108 Å². The van der Waals surface area contributed by atoms with E-state index < -0.39 is 28.3 Å². The Kier molecular flexibility index (Phi) is 29.3. The molecule has 2 aromatic heterocycles. The molecule has 0 aliphatic carbocycles. The summed E-state index contributed by atoms with van der Waals surface area (Å²) in [5.74, 6) is 8.22. The number of amides is 3. The van der Waals surface area contributed by atoms with Crippen LogP contribution in [-0.2, 0) is 34.0 Å². The molecule has 3 aromatic rings. The van der Waals surface area contributed by atoms with Crippen LogP contribution in [-0.4, -0.2) is 121 Å². The molecular weight excluding hydrogens is 889 g/mol. The Hall–Kier alpha value is -6.39. The Balaban J connectivity index is 0.00000142. The third-order valence-electron chi connectivity index (χ3n) is 10.1. The third kappa shape index (κ3) is 20.2. The molecule has 2 fully saturated rings. The summed E-state index contributed by atoms with van der Waals surface area (Å²) in [4.78, 5) is 65.3. The maximum Gasteiger partial charge on any atom is 0.407 e. The Morgan fingerprint density at radius 2 is 1.50 bits per heavy atom. The van der Waals surface area contributed by atoms with Gasteiger partial charge in [-0.05, 0) is 94.1 Å². The van der Waals surface area contributed by atoms with Gasteiger partial charge in [0.05, 0.1) is 48.2 Å². The number of H-pyrrole nitrogens is 2. The summed E-state index contributed by atoms with van der Waals surface area (Å²) in [6.07, 6.45) is 11.8. The first kappa shape index (κ1) is 61.6. The highest BCUT2D eigenvalue weighted by Crippen LogP contribution is 2.34. The molecule has 5 N–H and O–H groups in total. The normalized spacial score (nSPS) is 15.6. The van der Waals surface area contributed by atoms with E-state index in [1.807, 2.05) is 57.7 Å². The van der Waals surface area contributed by atoms with Gasteiger partial charge in [0.2, 0.25) is 12.3 Å². The molecule has 4 heterocycles. The number of hydrogen-bond donors (Lipinski definition) is 5. The van der Waals surface area contributed by atoms with Crippen molar-refractivity contribution in [3.8, 4) is 23.1 Å². The lowest BCUT2D eigenvalue weighted by Crippen LogP contribution is -2.48. The zero-order valence-electron chi connectivity index (χ0n) is 41.6. The predicted octanol–water partition coefficient (Wildman–Crippen LogP) is 7.83. The average Bonchev–Trinajstić information content (AvgIpc) is 4.15. The number of aromatic amines is 2. The van der Waals surface area contributed by atoms with Crippen LogP contribution in [0.4, 0.5) is 4.79 Å². The Bertz CT molecular complexity index is 2270.